The van der Waals surface area contributed by atoms with Gasteiger partial charge in [0.1, 0.15) is 0 Å². The molecular formula is C5H9O3U-. The van der Waals surface area contributed by atoms with Crippen LogP contribution in [0.1, 0.15) is 6.42 Å². The van der Waals surface area contributed by atoms with Crippen molar-refractivity contribution in [3.63, 3.8) is 0 Å². The summed E-state index contributed by atoms with van der Waals surface area (Å²) in [6.07, 6.45) is -0.347. The Morgan fingerprint density at radius 2 is 2.33 bits per heavy atom. The summed E-state index contributed by atoms with van der Waals surface area (Å²) in [5.41, 5.74) is 0. The van der Waals surface area contributed by atoms with Crippen LogP contribution >= 0.6 is 0 Å². The normalized spacial score (nSPS) is 34.0. The van der Waals surface area contributed by atoms with E-state index in [1.54, 1.807) is 0 Å². The van der Waals surface area contributed by atoms with Gasteiger partial charge in [-0.05, 0) is 0 Å². The standard InChI is InChI=1S/C5H9O3.U/c6-3-5-4(7)1-2-8-5;/h2,4-7H,1,3H2;/q-1;. The molecule has 1 heterocycles. The minimum Gasteiger partial charge on any atom is -0.546 e. The number of hydrogen-bond donors (Lipinski definition) is 2. The van der Waals surface area contributed by atoms with E-state index < -0.39 is 6.10 Å². The van der Waals surface area contributed by atoms with Crippen LogP contribution in [-0.4, -0.2) is 29.0 Å². The molecule has 0 aromatic carbocycles. The van der Waals surface area contributed by atoms with Gasteiger partial charge in [0.15, 0.2) is 0 Å². The van der Waals surface area contributed by atoms with E-state index in [0.29, 0.717) is 6.42 Å². The first-order valence-corrected chi connectivity index (χ1v) is 2.60. The Morgan fingerprint density at radius 1 is 1.67 bits per heavy atom. The van der Waals surface area contributed by atoms with Crippen LogP contribution in [-0.2, 0) is 4.74 Å². The van der Waals surface area contributed by atoms with E-state index in [2.05, 4.69) is 0 Å². The molecule has 0 spiro atoms. The van der Waals surface area contributed by atoms with E-state index in [-0.39, 0.29) is 43.8 Å². The molecule has 2 unspecified atom stereocenters. The van der Waals surface area contributed by atoms with Crippen molar-refractivity contribution in [3.8, 4) is 0 Å². The van der Waals surface area contributed by atoms with E-state index in [1.807, 2.05) is 0 Å². The van der Waals surface area contributed by atoms with Crippen molar-refractivity contribution in [3.05, 3.63) is 6.61 Å². The number of hydrogen-bond acceptors (Lipinski definition) is 3. The van der Waals surface area contributed by atoms with Gasteiger partial charge in [-0.15, -0.1) is 6.42 Å². The Morgan fingerprint density at radius 3 is 2.56 bits per heavy atom. The van der Waals surface area contributed by atoms with Gasteiger partial charge >= 0.3 is 0 Å². The number of rotatable bonds is 1. The van der Waals surface area contributed by atoms with Crippen molar-refractivity contribution in [2.75, 3.05) is 6.61 Å². The van der Waals surface area contributed by atoms with Crippen molar-refractivity contribution in [1.82, 2.24) is 0 Å². The van der Waals surface area contributed by atoms with Crippen molar-refractivity contribution in [2.45, 2.75) is 18.6 Å². The zero-order valence-corrected chi connectivity index (χ0v) is 9.11. The van der Waals surface area contributed by atoms with Crippen LogP contribution in [0.25, 0.3) is 0 Å². The summed E-state index contributed by atoms with van der Waals surface area (Å²) in [4.78, 5) is 0. The molecule has 0 radical (unpaired) electrons. The molecule has 0 aromatic heterocycles. The van der Waals surface area contributed by atoms with Crippen molar-refractivity contribution in [2.24, 2.45) is 0 Å². The minimum atomic E-state index is -0.500. The monoisotopic (exact) mass is 355 g/mol. The summed E-state index contributed by atoms with van der Waals surface area (Å²) in [7, 11) is 0. The van der Waals surface area contributed by atoms with E-state index in [0.717, 1.165) is 0 Å². The van der Waals surface area contributed by atoms with Crippen molar-refractivity contribution >= 4 is 0 Å². The van der Waals surface area contributed by atoms with Crippen LogP contribution < -0.4 is 0 Å². The average molecular weight is 355 g/mol. The fraction of sp³-hybridized carbons (Fsp3) is 0.800. The molecule has 1 fully saturated rings. The Kier molecular flexibility index (Phi) is 5.19. The molecule has 1 aliphatic rings. The molecule has 0 saturated carbocycles. The molecule has 0 amide bonds. The molecule has 0 bridgehead atoms. The first kappa shape index (κ1) is 9.93. The summed E-state index contributed by atoms with van der Waals surface area (Å²) in [5.74, 6) is 0. The van der Waals surface area contributed by atoms with Gasteiger partial charge in [0, 0.05) is 31.1 Å². The predicted molar refractivity (Wildman–Crippen MR) is 26.9 cm³/mol. The molecule has 1 aliphatic heterocycles. The maximum absolute atomic E-state index is 8.87. The first-order chi connectivity index (χ1) is 3.84. The second kappa shape index (κ2) is 4.70. The number of ether oxygens (including phenoxy) is 1. The van der Waals surface area contributed by atoms with Crippen LogP contribution in [0, 0.1) is 37.7 Å². The van der Waals surface area contributed by atoms with Crippen molar-refractivity contribution in [1.29, 1.82) is 0 Å². The number of aliphatic hydroxyl groups is 2. The Hall–Kier alpha value is 0.932. The minimum absolute atomic E-state index is 0. The van der Waals surface area contributed by atoms with Gasteiger partial charge in [-0.25, -0.2) is 6.61 Å². The Bertz CT molecular complexity index is 78.6. The predicted octanol–water partition coefficient (Wildman–Crippen LogP) is -0.710. The molecular weight excluding hydrogens is 346 g/mol. The van der Waals surface area contributed by atoms with Gasteiger partial charge in [-0.1, -0.05) is 0 Å². The molecule has 4 heteroatoms. The molecule has 2 N–H and O–H groups in total. The second-order valence-corrected chi connectivity index (χ2v) is 1.83. The molecule has 3 nitrogen and oxygen atoms in total. The fourth-order valence-electron chi connectivity index (χ4n) is 0.685. The van der Waals surface area contributed by atoms with Crippen LogP contribution in [0.4, 0.5) is 0 Å². The average Bonchev–Trinajstić information content (AvgIpc) is 2.14. The van der Waals surface area contributed by atoms with Gasteiger partial charge in [0.2, 0.25) is 0 Å². The maximum atomic E-state index is 8.87. The van der Waals surface area contributed by atoms with Gasteiger partial charge in [-0.2, -0.15) is 0 Å². The molecule has 1 rings (SSSR count). The van der Waals surface area contributed by atoms with E-state index in [4.69, 9.17) is 14.9 Å². The summed E-state index contributed by atoms with van der Waals surface area (Å²) >= 11 is 0. The Labute approximate surface area is 77.8 Å². The zero-order valence-electron chi connectivity index (χ0n) is 4.95. The summed E-state index contributed by atoms with van der Waals surface area (Å²) in [6, 6.07) is 0. The third kappa shape index (κ3) is 2.57. The van der Waals surface area contributed by atoms with Gasteiger partial charge in [-0.3, -0.25) is 0 Å². The maximum Gasteiger partial charge on any atom is 0.0710 e. The molecule has 9 heavy (non-hydrogen) atoms. The van der Waals surface area contributed by atoms with Crippen LogP contribution in [0.3, 0.4) is 0 Å². The van der Waals surface area contributed by atoms with E-state index >= 15 is 0 Å². The van der Waals surface area contributed by atoms with Crippen LogP contribution in [0.15, 0.2) is 0 Å². The second-order valence-electron chi connectivity index (χ2n) is 1.83. The zero-order chi connectivity index (χ0) is 5.98. The third-order valence-electron chi connectivity index (χ3n) is 1.22. The van der Waals surface area contributed by atoms with E-state index in [9.17, 15) is 0 Å². The molecule has 1 saturated heterocycles. The largest absolute Gasteiger partial charge is 0.546 e. The molecule has 2 atom stereocenters. The smallest absolute Gasteiger partial charge is 0.0710 e. The van der Waals surface area contributed by atoms with Gasteiger partial charge in [0.25, 0.3) is 0 Å². The topological polar surface area (TPSA) is 49.7 Å². The van der Waals surface area contributed by atoms with Crippen LogP contribution in [0.5, 0.6) is 0 Å². The first-order valence-electron chi connectivity index (χ1n) is 2.60. The van der Waals surface area contributed by atoms with Gasteiger partial charge in [0.05, 0.1) is 18.8 Å². The van der Waals surface area contributed by atoms with Crippen molar-refractivity contribution < 1.29 is 46.1 Å². The summed E-state index contributed by atoms with van der Waals surface area (Å²) in [6.45, 7) is 1.42. The fourth-order valence-corrected chi connectivity index (χ4v) is 0.685. The quantitative estimate of drug-likeness (QED) is 0.612. The van der Waals surface area contributed by atoms with Gasteiger partial charge < -0.3 is 14.9 Å². The third-order valence-corrected chi connectivity index (χ3v) is 1.22. The number of aliphatic hydroxyl groups excluding tert-OH is 2. The van der Waals surface area contributed by atoms with Crippen LogP contribution in [0.2, 0.25) is 0 Å². The molecule has 52 valence electrons. The van der Waals surface area contributed by atoms with E-state index in [1.165, 1.54) is 6.61 Å². The summed E-state index contributed by atoms with van der Waals surface area (Å²) in [5, 5.41) is 17.3. The SMILES string of the molecule is OCC1O[CH-]CC1O.[U]. The Balaban J connectivity index is 0.000000640. The molecule has 0 aromatic rings. The summed E-state index contributed by atoms with van der Waals surface area (Å²) < 4.78 is 4.79. The molecule has 0 aliphatic carbocycles.